The molecule has 2 saturated heterocycles. The Morgan fingerprint density at radius 1 is 1.24 bits per heavy atom. The molecule has 1 unspecified atom stereocenters. The van der Waals surface area contributed by atoms with E-state index in [1.54, 1.807) is 0 Å². The molecular weight excluding hydrogens is 222 g/mol. The summed E-state index contributed by atoms with van der Waals surface area (Å²) in [6, 6.07) is -1.01. The molecule has 4 amide bonds. The molecule has 0 radical (unpaired) electrons. The minimum Gasteiger partial charge on any atom is -0.343 e. The highest BCUT2D eigenvalue weighted by molar-refractivity contribution is 6.04. The van der Waals surface area contributed by atoms with E-state index in [0.717, 1.165) is 25.9 Å². The molecule has 0 saturated carbocycles. The van der Waals surface area contributed by atoms with Crippen molar-refractivity contribution >= 4 is 17.8 Å². The smallest absolute Gasteiger partial charge is 0.322 e. The Bertz CT molecular complexity index is 337. The van der Waals surface area contributed by atoms with Crippen LogP contribution in [0.5, 0.6) is 0 Å². The van der Waals surface area contributed by atoms with Crippen LogP contribution in [0.4, 0.5) is 4.79 Å². The Labute approximate surface area is 99.7 Å². The summed E-state index contributed by atoms with van der Waals surface area (Å²) in [7, 11) is 0. The number of urea groups is 1. The molecule has 2 aliphatic heterocycles. The lowest BCUT2D eigenvalue weighted by molar-refractivity contribution is -0.132. The SMILES string of the molecule is O=C1NC(=O)C(CCC(=O)N2CCCCC2)N1. The Kier molecular flexibility index (Phi) is 3.61. The molecule has 0 aromatic heterocycles. The summed E-state index contributed by atoms with van der Waals surface area (Å²) >= 11 is 0. The molecule has 0 aromatic rings. The summed E-state index contributed by atoms with van der Waals surface area (Å²) in [5.41, 5.74) is 0. The number of imide groups is 1. The normalized spacial score (nSPS) is 24.5. The molecule has 2 fully saturated rings. The summed E-state index contributed by atoms with van der Waals surface area (Å²) < 4.78 is 0. The predicted molar refractivity (Wildman–Crippen MR) is 60.1 cm³/mol. The highest BCUT2D eigenvalue weighted by Crippen LogP contribution is 2.12. The fourth-order valence-corrected chi connectivity index (χ4v) is 2.23. The van der Waals surface area contributed by atoms with Crippen LogP contribution in [0.2, 0.25) is 0 Å². The van der Waals surface area contributed by atoms with Gasteiger partial charge in [-0.1, -0.05) is 0 Å². The fourth-order valence-electron chi connectivity index (χ4n) is 2.23. The summed E-state index contributed by atoms with van der Waals surface area (Å²) in [5.74, 6) is -0.250. The molecule has 94 valence electrons. The molecule has 0 spiro atoms. The molecular formula is C11H17N3O3. The number of nitrogens with zero attached hydrogens (tertiary/aromatic N) is 1. The number of amides is 4. The van der Waals surface area contributed by atoms with Gasteiger partial charge in [-0.05, 0) is 25.7 Å². The summed E-state index contributed by atoms with van der Waals surface area (Å²) in [4.78, 5) is 35.8. The first-order valence-corrected chi connectivity index (χ1v) is 6.06. The maximum Gasteiger partial charge on any atom is 0.322 e. The van der Waals surface area contributed by atoms with Crippen molar-refractivity contribution in [2.75, 3.05) is 13.1 Å². The zero-order valence-electron chi connectivity index (χ0n) is 9.70. The van der Waals surface area contributed by atoms with Crippen LogP contribution >= 0.6 is 0 Å². The van der Waals surface area contributed by atoms with Gasteiger partial charge in [-0.2, -0.15) is 0 Å². The van der Waals surface area contributed by atoms with Crippen LogP contribution in [0.3, 0.4) is 0 Å². The van der Waals surface area contributed by atoms with E-state index in [4.69, 9.17) is 0 Å². The zero-order chi connectivity index (χ0) is 12.3. The molecule has 0 aromatic carbocycles. The lowest BCUT2D eigenvalue weighted by Gasteiger charge is -2.26. The van der Waals surface area contributed by atoms with Crippen molar-refractivity contribution in [3.8, 4) is 0 Å². The molecule has 1 atom stereocenters. The van der Waals surface area contributed by atoms with Crippen molar-refractivity contribution < 1.29 is 14.4 Å². The first-order valence-electron chi connectivity index (χ1n) is 6.06. The molecule has 2 rings (SSSR count). The number of piperidine rings is 1. The fraction of sp³-hybridized carbons (Fsp3) is 0.727. The van der Waals surface area contributed by atoms with Gasteiger partial charge in [0.15, 0.2) is 0 Å². The maximum absolute atomic E-state index is 11.8. The number of nitrogens with one attached hydrogen (secondary N) is 2. The largest absolute Gasteiger partial charge is 0.343 e. The summed E-state index contributed by atoms with van der Waals surface area (Å²) in [5, 5.41) is 4.65. The van der Waals surface area contributed by atoms with Gasteiger partial charge in [-0.15, -0.1) is 0 Å². The van der Waals surface area contributed by atoms with Crippen LogP contribution in [0, 0.1) is 0 Å². The Morgan fingerprint density at radius 3 is 2.53 bits per heavy atom. The topological polar surface area (TPSA) is 78.5 Å². The van der Waals surface area contributed by atoms with Crippen LogP contribution in [0.15, 0.2) is 0 Å². The highest BCUT2D eigenvalue weighted by atomic mass is 16.2. The first-order chi connectivity index (χ1) is 8.16. The molecule has 17 heavy (non-hydrogen) atoms. The van der Waals surface area contributed by atoms with Gasteiger partial charge in [0.1, 0.15) is 6.04 Å². The second kappa shape index (κ2) is 5.16. The summed E-state index contributed by atoms with van der Waals surface area (Å²) in [6.45, 7) is 1.64. The van der Waals surface area contributed by atoms with E-state index in [1.807, 2.05) is 4.90 Å². The van der Waals surface area contributed by atoms with E-state index >= 15 is 0 Å². The molecule has 0 bridgehead atoms. The predicted octanol–water partition coefficient (Wildman–Crippen LogP) is -0.0129. The Balaban J connectivity index is 1.75. The molecule has 2 heterocycles. The van der Waals surface area contributed by atoms with Crippen LogP contribution in [0.25, 0.3) is 0 Å². The number of rotatable bonds is 3. The van der Waals surface area contributed by atoms with Crippen molar-refractivity contribution in [3.05, 3.63) is 0 Å². The van der Waals surface area contributed by atoms with Gasteiger partial charge in [-0.3, -0.25) is 14.9 Å². The quantitative estimate of drug-likeness (QED) is 0.680. The molecule has 2 aliphatic rings. The van der Waals surface area contributed by atoms with Gasteiger partial charge in [0.25, 0.3) is 5.91 Å². The zero-order valence-corrected chi connectivity index (χ0v) is 9.70. The van der Waals surface area contributed by atoms with Gasteiger partial charge < -0.3 is 10.2 Å². The van der Waals surface area contributed by atoms with Crippen LogP contribution < -0.4 is 10.6 Å². The Morgan fingerprint density at radius 2 is 1.94 bits per heavy atom. The van der Waals surface area contributed by atoms with Gasteiger partial charge in [0.05, 0.1) is 0 Å². The number of hydrogen-bond acceptors (Lipinski definition) is 3. The number of carbonyl (C=O) groups is 3. The third-order valence-electron chi connectivity index (χ3n) is 3.21. The van der Waals surface area contributed by atoms with E-state index in [2.05, 4.69) is 10.6 Å². The monoisotopic (exact) mass is 239 g/mol. The van der Waals surface area contributed by atoms with Crippen molar-refractivity contribution in [1.82, 2.24) is 15.5 Å². The molecule has 0 aliphatic carbocycles. The highest BCUT2D eigenvalue weighted by Gasteiger charge is 2.30. The molecule has 2 N–H and O–H groups in total. The van der Waals surface area contributed by atoms with E-state index in [1.165, 1.54) is 6.42 Å². The second-order valence-electron chi connectivity index (χ2n) is 4.50. The van der Waals surface area contributed by atoms with Crippen LogP contribution in [0.1, 0.15) is 32.1 Å². The van der Waals surface area contributed by atoms with Gasteiger partial charge in [0.2, 0.25) is 5.91 Å². The third-order valence-corrected chi connectivity index (χ3v) is 3.21. The average molecular weight is 239 g/mol. The number of hydrogen-bond donors (Lipinski definition) is 2. The minimum absolute atomic E-state index is 0.0821. The van der Waals surface area contributed by atoms with E-state index < -0.39 is 12.1 Å². The van der Waals surface area contributed by atoms with Gasteiger partial charge in [-0.25, -0.2) is 4.79 Å². The lowest BCUT2D eigenvalue weighted by Crippen LogP contribution is -2.37. The van der Waals surface area contributed by atoms with Gasteiger partial charge >= 0.3 is 6.03 Å². The standard InChI is InChI=1S/C11H17N3O3/c15-9(14-6-2-1-3-7-14)5-4-8-10(16)13-11(17)12-8/h8H,1-7H2,(H2,12,13,16,17). The molecule has 6 nitrogen and oxygen atoms in total. The lowest BCUT2D eigenvalue weighted by atomic mass is 10.1. The molecule has 6 heteroatoms. The maximum atomic E-state index is 11.8. The van der Waals surface area contributed by atoms with Crippen molar-refractivity contribution in [2.45, 2.75) is 38.1 Å². The van der Waals surface area contributed by atoms with E-state index in [0.29, 0.717) is 12.8 Å². The first kappa shape index (κ1) is 11.9. The minimum atomic E-state index is -0.545. The number of likely N-dealkylation sites (tertiary alicyclic amines) is 1. The summed E-state index contributed by atoms with van der Waals surface area (Å²) in [6.07, 6.45) is 4.01. The number of carbonyl (C=O) groups excluding carboxylic acids is 3. The van der Waals surface area contributed by atoms with Crippen LogP contribution in [-0.2, 0) is 9.59 Å². The third kappa shape index (κ3) is 2.95. The van der Waals surface area contributed by atoms with Crippen molar-refractivity contribution in [3.63, 3.8) is 0 Å². The van der Waals surface area contributed by atoms with E-state index in [-0.39, 0.29) is 11.8 Å². The van der Waals surface area contributed by atoms with Crippen LogP contribution in [-0.4, -0.2) is 41.9 Å². The average Bonchev–Trinajstić information content (AvgIpc) is 2.66. The van der Waals surface area contributed by atoms with Crippen molar-refractivity contribution in [2.24, 2.45) is 0 Å². The van der Waals surface area contributed by atoms with Gasteiger partial charge in [0, 0.05) is 19.5 Å². The second-order valence-corrected chi connectivity index (χ2v) is 4.50. The van der Waals surface area contributed by atoms with Crippen molar-refractivity contribution in [1.29, 1.82) is 0 Å². The van der Waals surface area contributed by atoms with E-state index in [9.17, 15) is 14.4 Å². The Hall–Kier alpha value is -1.59.